The third-order valence-electron chi connectivity index (χ3n) is 2.93. The molecule has 98 valence electrons. The molecule has 2 heterocycles. The van der Waals surface area contributed by atoms with Gasteiger partial charge in [0.05, 0.1) is 11.6 Å². The van der Waals surface area contributed by atoms with Crippen LogP contribution in [0.2, 0.25) is 0 Å². The molecule has 0 bridgehead atoms. The average molecular weight is 272 g/mol. The third-order valence-corrected chi connectivity index (χ3v) is 3.81. The Hall–Kier alpha value is -1.93. The largest absolute Gasteiger partial charge is 0.360 e. The predicted octanol–water partition coefficient (Wildman–Crippen LogP) is 3.59. The highest BCUT2D eigenvalue weighted by Gasteiger charge is 2.16. The molecule has 0 spiro atoms. The zero-order chi connectivity index (χ0) is 13.8. The fourth-order valence-electron chi connectivity index (χ4n) is 1.99. The highest BCUT2D eigenvalue weighted by molar-refractivity contribution is 7.09. The first-order valence-corrected chi connectivity index (χ1v) is 7.08. The highest BCUT2D eigenvalue weighted by Crippen LogP contribution is 2.26. The fourth-order valence-corrected chi connectivity index (χ4v) is 2.77. The van der Waals surface area contributed by atoms with E-state index in [0.29, 0.717) is 11.4 Å². The lowest BCUT2D eigenvalue weighted by Gasteiger charge is -2.17. The number of hydrogen-bond acceptors (Lipinski definition) is 5. The molecule has 1 N–H and O–H groups in total. The second kappa shape index (κ2) is 5.81. The zero-order valence-electron chi connectivity index (χ0n) is 11.3. The lowest BCUT2D eigenvalue weighted by molar-refractivity contribution is 0.736. The smallest absolute Gasteiger partial charge is 0.145 e. The number of pyridine rings is 1. The van der Waals surface area contributed by atoms with Gasteiger partial charge in [0.2, 0.25) is 0 Å². The summed E-state index contributed by atoms with van der Waals surface area (Å²) in [5.74, 6) is 0.655. The molecule has 0 amide bonds. The molecule has 0 aromatic carbocycles. The van der Waals surface area contributed by atoms with E-state index in [4.69, 9.17) is 0 Å². The molecule has 0 aliphatic carbocycles. The summed E-state index contributed by atoms with van der Waals surface area (Å²) in [7, 11) is 0. The summed E-state index contributed by atoms with van der Waals surface area (Å²) in [5, 5.41) is 15.6. The standard InChI is InChI=1S/C14H16N4S/c1-4-12(14-16-5-6-19-14)18-13-11(8-15)9(2)7-10(3)17-13/h5-7,12H,4H2,1-3H3,(H,17,18). The van der Waals surface area contributed by atoms with Gasteiger partial charge in [0, 0.05) is 17.3 Å². The van der Waals surface area contributed by atoms with Crippen molar-refractivity contribution in [1.29, 1.82) is 5.26 Å². The number of hydrogen-bond donors (Lipinski definition) is 1. The van der Waals surface area contributed by atoms with Gasteiger partial charge in [0.15, 0.2) is 0 Å². The van der Waals surface area contributed by atoms with E-state index in [-0.39, 0.29) is 6.04 Å². The molecule has 19 heavy (non-hydrogen) atoms. The van der Waals surface area contributed by atoms with Crippen LogP contribution in [0.25, 0.3) is 0 Å². The molecular formula is C14H16N4S. The molecule has 0 saturated carbocycles. The lowest BCUT2D eigenvalue weighted by atomic mass is 10.1. The van der Waals surface area contributed by atoms with E-state index in [9.17, 15) is 5.26 Å². The predicted molar refractivity (Wildman–Crippen MR) is 77.2 cm³/mol. The van der Waals surface area contributed by atoms with Gasteiger partial charge in [-0.3, -0.25) is 0 Å². The molecule has 1 unspecified atom stereocenters. The van der Waals surface area contributed by atoms with Gasteiger partial charge in [-0.1, -0.05) is 6.92 Å². The Balaban J connectivity index is 2.35. The first-order valence-electron chi connectivity index (χ1n) is 6.20. The van der Waals surface area contributed by atoms with E-state index < -0.39 is 0 Å². The summed E-state index contributed by atoms with van der Waals surface area (Å²) in [6, 6.07) is 4.25. The van der Waals surface area contributed by atoms with Crippen LogP contribution in [0.1, 0.15) is 41.2 Å². The third kappa shape index (κ3) is 2.91. The fraction of sp³-hybridized carbons (Fsp3) is 0.357. The van der Waals surface area contributed by atoms with Crippen molar-refractivity contribution in [1.82, 2.24) is 9.97 Å². The average Bonchev–Trinajstić information content (AvgIpc) is 2.89. The van der Waals surface area contributed by atoms with E-state index in [1.54, 1.807) is 17.5 Å². The van der Waals surface area contributed by atoms with Gasteiger partial charge >= 0.3 is 0 Å². The number of nitriles is 1. The molecule has 2 aromatic heterocycles. The maximum absolute atomic E-state index is 9.26. The van der Waals surface area contributed by atoms with Crippen molar-refractivity contribution in [2.75, 3.05) is 5.32 Å². The second-order valence-electron chi connectivity index (χ2n) is 4.39. The van der Waals surface area contributed by atoms with Gasteiger partial charge in [-0.2, -0.15) is 5.26 Å². The van der Waals surface area contributed by atoms with Crippen LogP contribution in [-0.4, -0.2) is 9.97 Å². The molecule has 1 atom stereocenters. The second-order valence-corrected chi connectivity index (χ2v) is 5.32. The Labute approximate surface area is 117 Å². The molecule has 2 aromatic rings. The van der Waals surface area contributed by atoms with Gasteiger partial charge < -0.3 is 5.32 Å². The van der Waals surface area contributed by atoms with Crippen LogP contribution >= 0.6 is 11.3 Å². The number of nitrogens with one attached hydrogen (secondary N) is 1. The van der Waals surface area contributed by atoms with Crippen molar-refractivity contribution in [3.05, 3.63) is 39.5 Å². The van der Waals surface area contributed by atoms with Crippen molar-refractivity contribution < 1.29 is 0 Å². The Kier molecular flexibility index (Phi) is 4.13. The SMILES string of the molecule is CCC(Nc1nc(C)cc(C)c1C#N)c1nccs1. The van der Waals surface area contributed by atoms with Gasteiger partial charge in [-0.25, -0.2) is 9.97 Å². The Morgan fingerprint density at radius 2 is 2.26 bits per heavy atom. The summed E-state index contributed by atoms with van der Waals surface area (Å²) >= 11 is 1.61. The normalized spacial score (nSPS) is 11.9. The monoisotopic (exact) mass is 272 g/mol. The van der Waals surface area contributed by atoms with E-state index in [1.165, 1.54) is 0 Å². The summed E-state index contributed by atoms with van der Waals surface area (Å²) < 4.78 is 0. The number of anilines is 1. The van der Waals surface area contributed by atoms with Crippen LogP contribution < -0.4 is 5.32 Å². The van der Waals surface area contributed by atoms with Gasteiger partial charge in [0.1, 0.15) is 16.9 Å². The Morgan fingerprint density at radius 3 is 2.84 bits per heavy atom. The summed E-state index contributed by atoms with van der Waals surface area (Å²) in [6.45, 7) is 5.96. The van der Waals surface area contributed by atoms with E-state index >= 15 is 0 Å². The van der Waals surface area contributed by atoms with Crippen molar-refractivity contribution in [2.45, 2.75) is 33.2 Å². The molecule has 5 heteroatoms. The molecule has 0 aliphatic rings. The molecule has 0 saturated heterocycles. The molecule has 0 radical (unpaired) electrons. The maximum Gasteiger partial charge on any atom is 0.145 e. The first kappa shape index (κ1) is 13.5. The van der Waals surface area contributed by atoms with E-state index in [0.717, 1.165) is 22.7 Å². The number of rotatable bonds is 4. The van der Waals surface area contributed by atoms with Gasteiger partial charge in [0.25, 0.3) is 0 Å². The lowest BCUT2D eigenvalue weighted by Crippen LogP contribution is -2.12. The minimum atomic E-state index is 0.0980. The Morgan fingerprint density at radius 1 is 1.47 bits per heavy atom. The summed E-state index contributed by atoms with van der Waals surface area (Å²) in [5.41, 5.74) is 2.47. The number of nitrogens with zero attached hydrogens (tertiary/aromatic N) is 3. The summed E-state index contributed by atoms with van der Waals surface area (Å²) in [4.78, 5) is 8.77. The van der Waals surface area contributed by atoms with Gasteiger partial charge in [-0.05, 0) is 31.9 Å². The Bertz CT molecular complexity index is 599. The van der Waals surface area contributed by atoms with Crippen molar-refractivity contribution in [3.63, 3.8) is 0 Å². The van der Waals surface area contributed by atoms with E-state index in [2.05, 4.69) is 28.3 Å². The van der Waals surface area contributed by atoms with Crippen LogP contribution in [0, 0.1) is 25.2 Å². The number of aryl methyl sites for hydroxylation is 2. The number of aromatic nitrogens is 2. The van der Waals surface area contributed by atoms with Crippen molar-refractivity contribution in [2.24, 2.45) is 0 Å². The highest BCUT2D eigenvalue weighted by atomic mass is 32.1. The van der Waals surface area contributed by atoms with Crippen LogP contribution in [0.15, 0.2) is 17.6 Å². The number of thiazole rings is 1. The first-order chi connectivity index (χ1) is 9.15. The van der Waals surface area contributed by atoms with Crippen LogP contribution in [0.3, 0.4) is 0 Å². The van der Waals surface area contributed by atoms with Crippen LogP contribution in [-0.2, 0) is 0 Å². The van der Waals surface area contributed by atoms with Crippen molar-refractivity contribution in [3.8, 4) is 6.07 Å². The minimum Gasteiger partial charge on any atom is -0.360 e. The quantitative estimate of drug-likeness (QED) is 0.924. The summed E-state index contributed by atoms with van der Waals surface area (Å²) in [6.07, 6.45) is 2.69. The topological polar surface area (TPSA) is 61.6 Å². The van der Waals surface area contributed by atoms with Gasteiger partial charge in [-0.15, -0.1) is 11.3 Å². The zero-order valence-corrected chi connectivity index (χ0v) is 12.1. The van der Waals surface area contributed by atoms with E-state index in [1.807, 2.05) is 25.3 Å². The molecule has 0 aliphatic heterocycles. The maximum atomic E-state index is 9.26. The van der Waals surface area contributed by atoms with Crippen LogP contribution in [0.4, 0.5) is 5.82 Å². The molecule has 4 nitrogen and oxygen atoms in total. The van der Waals surface area contributed by atoms with Crippen LogP contribution in [0.5, 0.6) is 0 Å². The van der Waals surface area contributed by atoms with Crippen molar-refractivity contribution >= 4 is 17.2 Å². The molecule has 0 fully saturated rings. The minimum absolute atomic E-state index is 0.0980. The molecule has 2 rings (SSSR count). The molecular weight excluding hydrogens is 256 g/mol.